The van der Waals surface area contributed by atoms with Crippen molar-refractivity contribution >= 4 is 33.1 Å². The van der Waals surface area contributed by atoms with Gasteiger partial charge in [-0.15, -0.1) is 0 Å². The molecule has 1 fully saturated rings. The van der Waals surface area contributed by atoms with E-state index in [1.54, 1.807) is 0 Å². The minimum absolute atomic E-state index is 0.0242. The molecule has 0 bridgehead atoms. The molecule has 0 amide bonds. The Morgan fingerprint density at radius 1 is 1.10 bits per heavy atom. The fraction of sp³-hybridized carbons (Fsp3) is 0.316. The minimum Gasteiger partial charge on any atom is -0.378 e. The summed E-state index contributed by atoms with van der Waals surface area (Å²) in [5, 5.41) is 2.19. The smallest absolute Gasteiger partial charge is 0.378 e. The first-order chi connectivity index (χ1) is 13.6. The van der Waals surface area contributed by atoms with Crippen LogP contribution in [-0.4, -0.2) is 38.1 Å². The molecule has 1 saturated heterocycles. The van der Waals surface area contributed by atoms with Crippen LogP contribution in [0, 0.1) is 0 Å². The van der Waals surface area contributed by atoms with Gasteiger partial charge in [0.25, 0.3) is 0 Å². The Morgan fingerprint density at radius 2 is 1.79 bits per heavy atom. The van der Waals surface area contributed by atoms with E-state index in [2.05, 4.69) is 5.32 Å². The second-order valence-corrected chi connectivity index (χ2v) is 8.95. The fourth-order valence-corrected chi connectivity index (χ4v) is 4.83. The maximum atomic E-state index is 12.9. The Bertz CT molecular complexity index is 1020. The molecule has 156 valence electrons. The van der Waals surface area contributed by atoms with Gasteiger partial charge in [-0.1, -0.05) is 23.7 Å². The molecule has 2 aromatic carbocycles. The molecule has 1 aliphatic heterocycles. The molecule has 0 spiro atoms. The van der Waals surface area contributed by atoms with Crippen molar-refractivity contribution in [3.63, 3.8) is 0 Å². The van der Waals surface area contributed by atoms with Gasteiger partial charge in [0.15, 0.2) is 5.78 Å². The third-order valence-corrected chi connectivity index (χ3v) is 6.81. The van der Waals surface area contributed by atoms with Crippen LogP contribution >= 0.6 is 11.6 Å². The summed E-state index contributed by atoms with van der Waals surface area (Å²) in [7, 11) is -3.67. The molecular weight excluding hydrogens is 429 g/mol. The number of ketones is 1. The summed E-state index contributed by atoms with van der Waals surface area (Å²) in [6.45, 7) is 0.590. The molecule has 29 heavy (non-hydrogen) atoms. The van der Waals surface area contributed by atoms with Crippen LogP contribution in [0.3, 0.4) is 0 Å². The number of halogens is 4. The highest BCUT2D eigenvalue weighted by Crippen LogP contribution is 2.36. The Labute approximate surface area is 171 Å². The third kappa shape index (κ3) is 4.91. The number of benzene rings is 2. The van der Waals surface area contributed by atoms with Crippen LogP contribution in [0.15, 0.2) is 47.4 Å². The Kier molecular flexibility index (Phi) is 6.21. The van der Waals surface area contributed by atoms with Crippen LogP contribution in [0.5, 0.6) is 0 Å². The van der Waals surface area contributed by atoms with E-state index in [4.69, 9.17) is 11.6 Å². The molecule has 0 unspecified atom stereocenters. The van der Waals surface area contributed by atoms with E-state index in [9.17, 15) is 26.4 Å². The van der Waals surface area contributed by atoms with Gasteiger partial charge in [-0.05, 0) is 43.2 Å². The first kappa shape index (κ1) is 21.6. The number of hydrogen-bond donors (Lipinski definition) is 1. The largest absolute Gasteiger partial charge is 0.417 e. The van der Waals surface area contributed by atoms with Gasteiger partial charge >= 0.3 is 6.18 Å². The van der Waals surface area contributed by atoms with E-state index in [0.717, 1.165) is 25.0 Å². The van der Waals surface area contributed by atoms with Crippen molar-refractivity contribution in [1.29, 1.82) is 0 Å². The summed E-state index contributed by atoms with van der Waals surface area (Å²) in [5.41, 5.74) is -0.769. The second-order valence-electron chi connectivity index (χ2n) is 6.61. The van der Waals surface area contributed by atoms with Gasteiger partial charge in [0, 0.05) is 24.3 Å². The summed E-state index contributed by atoms with van der Waals surface area (Å²) >= 11 is 5.58. The van der Waals surface area contributed by atoms with Gasteiger partial charge in [-0.25, -0.2) is 8.42 Å². The number of anilines is 1. The van der Waals surface area contributed by atoms with Crippen LogP contribution in [0.2, 0.25) is 5.02 Å². The Hall–Kier alpha value is -2.10. The maximum absolute atomic E-state index is 12.9. The number of hydrogen-bond acceptors (Lipinski definition) is 4. The van der Waals surface area contributed by atoms with Crippen molar-refractivity contribution in [2.45, 2.75) is 23.9 Å². The van der Waals surface area contributed by atoms with Crippen LogP contribution in [-0.2, 0) is 16.2 Å². The van der Waals surface area contributed by atoms with Crippen molar-refractivity contribution in [3.05, 3.63) is 58.6 Å². The van der Waals surface area contributed by atoms with Gasteiger partial charge in [0.1, 0.15) is 0 Å². The number of nitrogens with zero attached hydrogens (tertiary/aromatic N) is 1. The van der Waals surface area contributed by atoms with Crippen molar-refractivity contribution < 1.29 is 26.4 Å². The molecule has 1 aliphatic rings. The zero-order valence-electron chi connectivity index (χ0n) is 15.2. The van der Waals surface area contributed by atoms with Crippen molar-refractivity contribution in [2.75, 3.05) is 25.0 Å². The highest BCUT2D eigenvalue weighted by atomic mass is 35.5. The fourth-order valence-electron chi connectivity index (χ4n) is 3.04. The predicted molar refractivity (Wildman–Crippen MR) is 104 cm³/mol. The molecule has 0 aromatic heterocycles. The lowest BCUT2D eigenvalue weighted by molar-refractivity contribution is -0.137. The van der Waals surface area contributed by atoms with E-state index in [-0.39, 0.29) is 22.7 Å². The quantitative estimate of drug-likeness (QED) is 0.666. The molecule has 2 aromatic rings. The normalized spacial score (nSPS) is 15.4. The second kappa shape index (κ2) is 8.33. The summed E-state index contributed by atoms with van der Waals surface area (Å²) in [4.78, 5) is 12.5. The molecule has 0 radical (unpaired) electrons. The lowest BCUT2D eigenvalue weighted by Gasteiger charge is -2.16. The highest BCUT2D eigenvalue weighted by Gasteiger charge is 2.33. The average Bonchev–Trinajstić information content (AvgIpc) is 3.22. The van der Waals surface area contributed by atoms with Crippen LogP contribution in [0.25, 0.3) is 0 Å². The number of carbonyl (C=O) groups excluding carboxylic acids is 1. The summed E-state index contributed by atoms with van der Waals surface area (Å²) in [6.07, 6.45) is -3.03. The third-order valence-electron chi connectivity index (χ3n) is 4.58. The number of nitrogens with one attached hydrogen (secondary N) is 1. The Balaban J connectivity index is 1.74. The SMILES string of the molecule is O=C(CNc1ccc(Cl)c(C(F)(F)F)c1)c1cccc(S(=O)(=O)N2CCCC2)c1. The molecule has 1 N–H and O–H groups in total. The maximum Gasteiger partial charge on any atom is 0.417 e. The lowest BCUT2D eigenvalue weighted by atomic mass is 10.1. The average molecular weight is 447 g/mol. The van der Waals surface area contributed by atoms with E-state index in [1.807, 2.05) is 0 Å². The van der Waals surface area contributed by atoms with Crippen molar-refractivity contribution in [2.24, 2.45) is 0 Å². The van der Waals surface area contributed by atoms with Gasteiger partial charge in [0.05, 0.1) is 22.0 Å². The number of sulfonamides is 1. The summed E-state index contributed by atoms with van der Waals surface area (Å²) in [5.74, 6) is -0.452. The number of rotatable bonds is 6. The zero-order valence-corrected chi connectivity index (χ0v) is 16.7. The molecule has 3 rings (SSSR count). The van der Waals surface area contributed by atoms with Crippen LogP contribution < -0.4 is 5.32 Å². The van der Waals surface area contributed by atoms with Gasteiger partial charge in [-0.2, -0.15) is 17.5 Å². The highest BCUT2D eigenvalue weighted by molar-refractivity contribution is 7.89. The van der Waals surface area contributed by atoms with Crippen LogP contribution in [0.1, 0.15) is 28.8 Å². The van der Waals surface area contributed by atoms with Gasteiger partial charge < -0.3 is 5.32 Å². The number of carbonyl (C=O) groups is 1. The van der Waals surface area contributed by atoms with E-state index in [1.165, 1.54) is 34.6 Å². The lowest BCUT2D eigenvalue weighted by Crippen LogP contribution is -2.28. The first-order valence-corrected chi connectivity index (χ1v) is 10.6. The monoisotopic (exact) mass is 446 g/mol. The topological polar surface area (TPSA) is 66.5 Å². The number of Topliss-reactive ketones (excluding diaryl/α,β-unsaturated/α-hetero) is 1. The summed E-state index contributed by atoms with van der Waals surface area (Å²) < 4.78 is 65.5. The Morgan fingerprint density at radius 3 is 2.45 bits per heavy atom. The van der Waals surface area contributed by atoms with E-state index in [0.29, 0.717) is 13.1 Å². The minimum atomic E-state index is -4.61. The molecule has 0 atom stereocenters. The van der Waals surface area contributed by atoms with Gasteiger partial charge in [0.2, 0.25) is 10.0 Å². The zero-order chi connectivity index (χ0) is 21.2. The molecule has 1 heterocycles. The van der Waals surface area contributed by atoms with Crippen molar-refractivity contribution in [3.8, 4) is 0 Å². The number of alkyl halides is 3. The predicted octanol–water partition coefficient (Wildman–Crippen LogP) is 4.44. The molecule has 10 heteroatoms. The van der Waals surface area contributed by atoms with Gasteiger partial charge in [-0.3, -0.25) is 4.79 Å². The molecule has 5 nitrogen and oxygen atoms in total. The standard InChI is InChI=1S/C19H18ClF3N2O3S/c20-17-7-6-14(11-16(17)19(21,22)23)24-12-18(26)13-4-3-5-15(10-13)29(27,28)25-8-1-2-9-25/h3-7,10-11,24H,1-2,8-9,12H2. The van der Waals surface area contributed by atoms with Crippen molar-refractivity contribution in [1.82, 2.24) is 4.31 Å². The summed E-state index contributed by atoms with van der Waals surface area (Å²) in [6, 6.07) is 8.91. The molecule has 0 saturated carbocycles. The van der Waals surface area contributed by atoms with E-state index < -0.39 is 32.6 Å². The van der Waals surface area contributed by atoms with Crippen LogP contribution in [0.4, 0.5) is 18.9 Å². The molecular formula is C19H18ClF3N2O3S. The molecule has 0 aliphatic carbocycles. The van der Waals surface area contributed by atoms with E-state index >= 15 is 0 Å². The first-order valence-electron chi connectivity index (χ1n) is 8.83.